The number of anilines is 1. The molecule has 0 atom stereocenters. The molecular formula is C21H21N5O3. The van der Waals surface area contributed by atoms with Gasteiger partial charge in [0.05, 0.1) is 0 Å². The number of carbonyl (C=O) groups excluding carboxylic acids is 3. The number of imidazole rings is 1. The van der Waals surface area contributed by atoms with Crippen LogP contribution in [-0.4, -0.2) is 34.3 Å². The Hall–Kier alpha value is -3.94. The van der Waals surface area contributed by atoms with E-state index < -0.39 is 11.8 Å². The Morgan fingerprint density at radius 1 is 1.00 bits per heavy atom. The maximum absolute atomic E-state index is 12.6. The van der Waals surface area contributed by atoms with Crippen molar-refractivity contribution in [2.45, 2.75) is 13.8 Å². The minimum Gasteiger partial charge on any atom is -0.364 e. The van der Waals surface area contributed by atoms with Gasteiger partial charge in [0.1, 0.15) is 12.0 Å². The molecule has 3 aromatic rings. The van der Waals surface area contributed by atoms with Crippen LogP contribution in [0.3, 0.4) is 0 Å². The monoisotopic (exact) mass is 391 g/mol. The Morgan fingerprint density at radius 2 is 1.69 bits per heavy atom. The number of hydrogen-bond acceptors (Lipinski definition) is 4. The Labute approximate surface area is 167 Å². The van der Waals surface area contributed by atoms with Crippen LogP contribution in [0.25, 0.3) is 5.69 Å². The molecule has 0 aliphatic rings. The van der Waals surface area contributed by atoms with Gasteiger partial charge in [-0.3, -0.25) is 19.0 Å². The summed E-state index contributed by atoms with van der Waals surface area (Å²) in [6.45, 7) is 3.81. The fraction of sp³-hybridized carbons (Fsp3) is 0.143. The number of hydrogen-bond donors (Lipinski definition) is 3. The largest absolute Gasteiger partial charge is 0.364 e. The molecule has 0 radical (unpaired) electrons. The second kappa shape index (κ2) is 7.97. The number of aryl methyl sites for hydroxylation is 2. The molecule has 0 saturated carbocycles. The molecule has 3 rings (SSSR count). The van der Waals surface area contributed by atoms with Crippen molar-refractivity contribution in [2.75, 3.05) is 12.4 Å². The van der Waals surface area contributed by atoms with E-state index in [2.05, 4.69) is 15.6 Å². The lowest BCUT2D eigenvalue weighted by Crippen LogP contribution is -2.25. The molecule has 0 aliphatic carbocycles. The van der Waals surface area contributed by atoms with Crippen molar-refractivity contribution in [3.05, 3.63) is 76.9 Å². The fourth-order valence-corrected chi connectivity index (χ4v) is 2.95. The number of rotatable bonds is 5. The molecule has 2 aromatic carbocycles. The third-order valence-electron chi connectivity index (χ3n) is 4.48. The molecule has 0 aliphatic heterocycles. The molecule has 3 amide bonds. The fourth-order valence-electron chi connectivity index (χ4n) is 2.95. The van der Waals surface area contributed by atoms with Crippen LogP contribution in [0.1, 0.15) is 42.5 Å². The summed E-state index contributed by atoms with van der Waals surface area (Å²) < 4.78 is 1.43. The third-order valence-corrected chi connectivity index (χ3v) is 4.48. The lowest BCUT2D eigenvalue weighted by atomic mass is 10.1. The minimum atomic E-state index is -0.770. The van der Waals surface area contributed by atoms with Gasteiger partial charge in [-0.05, 0) is 49.7 Å². The third kappa shape index (κ3) is 4.01. The lowest BCUT2D eigenvalue weighted by Gasteiger charge is -2.11. The summed E-state index contributed by atoms with van der Waals surface area (Å²) in [5.74, 6) is -1.48. The average molecular weight is 391 g/mol. The van der Waals surface area contributed by atoms with E-state index in [9.17, 15) is 14.4 Å². The van der Waals surface area contributed by atoms with Crippen molar-refractivity contribution >= 4 is 23.4 Å². The highest BCUT2D eigenvalue weighted by atomic mass is 16.2. The van der Waals surface area contributed by atoms with E-state index in [4.69, 9.17) is 5.73 Å². The van der Waals surface area contributed by atoms with Gasteiger partial charge in [0, 0.05) is 24.0 Å². The Kier molecular flexibility index (Phi) is 5.45. The summed E-state index contributed by atoms with van der Waals surface area (Å²) in [5, 5.41) is 5.28. The van der Waals surface area contributed by atoms with Gasteiger partial charge in [-0.15, -0.1) is 0 Å². The molecule has 148 valence electrons. The Morgan fingerprint density at radius 3 is 2.31 bits per heavy atom. The van der Waals surface area contributed by atoms with E-state index in [-0.39, 0.29) is 17.3 Å². The predicted molar refractivity (Wildman–Crippen MR) is 109 cm³/mol. The standard InChI is InChI=1S/C21H21N5O3/c1-12-4-5-13(2)16(10-12)20(28)25-14-6-8-15(9-7-14)26-11-24-17(21(29)23-3)18(26)19(22)27/h4-11H,1-3H3,(H2,22,27)(H,23,29)(H,25,28). The van der Waals surface area contributed by atoms with E-state index in [1.54, 1.807) is 24.3 Å². The number of benzene rings is 2. The van der Waals surface area contributed by atoms with Crippen LogP contribution in [-0.2, 0) is 0 Å². The lowest BCUT2D eigenvalue weighted by molar-refractivity contribution is 0.0937. The Bertz CT molecular complexity index is 1100. The maximum atomic E-state index is 12.6. The zero-order valence-corrected chi connectivity index (χ0v) is 16.3. The predicted octanol–water partition coefficient (Wildman–Crippen LogP) is 2.20. The number of nitrogens with two attached hydrogens (primary N) is 1. The molecule has 8 nitrogen and oxygen atoms in total. The number of amides is 3. The number of aromatic nitrogens is 2. The highest BCUT2D eigenvalue weighted by Gasteiger charge is 2.22. The van der Waals surface area contributed by atoms with Crippen LogP contribution in [0.2, 0.25) is 0 Å². The zero-order valence-electron chi connectivity index (χ0n) is 16.3. The summed E-state index contributed by atoms with van der Waals surface area (Å²) in [4.78, 5) is 40.3. The second-order valence-electron chi connectivity index (χ2n) is 6.57. The van der Waals surface area contributed by atoms with Gasteiger partial charge in [0.2, 0.25) is 0 Å². The van der Waals surface area contributed by atoms with E-state index in [0.717, 1.165) is 11.1 Å². The molecule has 8 heteroatoms. The van der Waals surface area contributed by atoms with Crippen LogP contribution in [0.5, 0.6) is 0 Å². The number of carbonyl (C=O) groups is 3. The van der Waals surface area contributed by atoms with Gasteiger partial charge in [0.15, 0.2) is 5.69 Å². The van der Waals surface area contributed by atoms with Crippen molar-refractivity contribution in [1.82, 2.24) is 14.9 Å². The highest BCUT2D eigenvalue weighted by molar-refractivity contribution is 6.06. The van der Waals surface area contributed by atoms with E-state index in [1.807, 2.05) is 32.0 Å². The van der Waals surface area contributed by atoms with E-state index in [1.165, 1.54) is 17.9 Å². The molecule has 4 N–H and O–H groups in total. The van der Waals surface area contributed by atoms with Gasteiger partial charge in [-0.2, -0.15) is 0 Å². The SMILES string of the molecule is CNC(=O)c1ncn(-c2ccc(NC(=O)c3cc(C)ccc3C)cc2)c1C(N)=O. The first-order valence-corrected chi connectivity index (χ1v) is 8.90. The normalized spacial score (nSPS) is 10.4. The minimum absolute atomic E-state index is 0.0171. The first-order valence-electron chi connectivity index (χ1n) is 8.90. The second-order valence-corrected chi connectivity index (χ2v) is 6.57. The topological polar surface area (TPSA) is 119 Å². The van der Waals surface area contributed by atoms with Crippen molar-refractivity contribution in [1.29, 1.82) is 0 Å². The van der Waals surface area contributed by atoms with Crippen molar-refractivity contribution in [2.24, 2.45) is 5.73 Å². The molecule has 1 heterocycles. The van der Waals surface area contributed by atoms with Crippen LogP contribution in [0.15, 0.2) is 48.8 Å². The number of nitrogens with zero attached hydrogens (tertiary/aromatic N) is 2. The number of primary amides is 1. The van der Waals surface area contributed by atoms with Crippen molar-refractivity contribution in [3.63, 3.8) is 0 Å². The summed E-state index contributed by atoms with van der Waals surface area (Å²) in [6, 6.07) is 12.5. The molecular weight excluding hydrogens is 370 g/mol. The van der Waals surface area contributed by atoms with Gasteiger partial charge in [0.25, 0.3) is 17.7 Å². The molecule has 29 heavy (non-hydrogen) atoms. The first kappa shape index (κ1) is 19.8. The molecule has 1 aromatic heterocycles. The van der Waals surface area contributed by atoms with Gasteiger partial charge in [-0.25, -0.2) is 4.98 Å². The van der Waals surface area contributed by atoms with Gasteiger partial charge in [-0.1, -0.05) is 17.7 Å². The van der Waals surface area contributed by atoms with Crippen LogP contribution in [0, 0.1) is 13.8 Å². The smallest absolute Gasteiger partial charge is 0.272 e. The molecule has 0 fully saturated rings. The van der Waals surface area contributed by atoms with Crippen LogP contribution in [0.4, 0.5) is 5.69 Å². The van der Waals surface area contributed by atoms with Crippen molar-refractivity contribution < 1.29 is 14.4 Å². The van der Waals surface area contributed by atoms with Crippen LogP contribution >= 0.6 is 0 Å². The van der Waals surface area contributed by atoms with E-state index >= 15 is 0 Å². The summed E-state index contributed by atoms with van der Waals surface area (Å²) in [5.41, 5.74) is 9.03. The quantitative estimate of drug-likeness (QED) is 0.618. The van der Waals surface area contributed by atoms with Gasteiger partial charge >= 0.3 is 0 Å². The summed E-state index contributed by atoms with van der Waals surface area (Å²) in [6.07, 6.45) is 1.36. The maximum Gasteiger partial charge on any atom is 0.272 e. The molecule has 0 bridgehead atoms. The van der Waals surface area contributed by atoms with E-state index in [0.29, 0.717) is 16.9 Å². The average Bonchev–Trinajstić information content (AvgIpc) is 3.15. The molecule has 0 spiro atoms. The summed E-state index contributed by atoms with van der Waals surface area (Å²) >= 11 is 0. The van der Waals surface area contributed by atoms with Gasteiger partial charge < -0.3 is 16.4 Å². The van der Waals surface area contributed by atoms with Crippen LogP contribution < -0.4 is 16.4 Å². The number of nitrogens with one attached hydrogen (secondary N) is 2. The highest BCUT2D eigenvalue weighted by Crippen LogP contribution is 2.19. The zero-order chi connectivity index (χ0) is 21.1. The Balaban J connectivity index is 1.87. The van der Waals surface area contributed by atoms with Crippen molar-refractivity contribution in [3.8, 4) is 5.69 Å². The molecule has 0 saturated heterocycles. The molecule has 0 unspecified atom stereocenters. The first-order chi connectivity index (χ1) is 13.8. The summed E-state index contributed by atoms with van der Waals surface area (Å²) in [7, 11) is 1.44.